The van der Waals surface area contributed by atoms with Crippen LogP contribution < -0.4 is 16.2 Å². The van der Waals surface area contributed by atoms with Crippen molar-refractivity contribution in [1.29, 1.82) is 0 Å². The molecule has 0 bridgehead atoms. The highest BCUT2D eigenvalue weighted by Crippen LogP contribution is 2.31. The number of aromatic nitrogens is 1. The lowest BCUT2D eigenvalue weighted by atomic mass is 10.2. The molecule has 10 heteroatoms. The van der Waals surface area contributed by atoms with Gasteiger partial charge in [0.25, 0.3) is 5.91 Å². The van der Waals surface area contributed by atoms with E-state index in [2.05, 4.69) is 21.2 Å². The minimum atomic E-state index is -0.378. The normalized spacial score (nSPS) is 11.5. The molecule has 1 heterocycles. The molecule has 156 valence electrons. The number of thiazole rings is 1. The lowest BCUT2D eigenvalue weighted by Crippen LogP contribution is -2.46. The number of carbonyl (C=O) groups is 2. The molecule has 3 aromatic rings. The second-order valence-corrected chi connectivity index (χ2v) is 9.10. The van der Waals surface area contributed by atoms with E-state index in [9.17, 15) is 9.59 Å². The molecule has 0 aliphatic carbocycles. The summed E-state index contributed by atoms with van der Waals surface area (Å²) in [6, 6.07) is 14.5. The van der Waals surface area contributed by atoms with Crippen molar-refractivity contribution < 1.29 is 14.3 Å². The van der Waals surface area contributed by atoms with Crippen LogP contribution in [-0.2, 0) is 9.53 Å². The molecule has 1 unspecified atom stereocenters. The Kier molecular flexibility index (Phi) is 7.61. The zero-order valence-electron chi connectivity index (χ0n) is 16.3. The van der Waals surface area contributed by atoms with Crippen LogP contribution in [-0.4, -0.2) is 33.8 Å². The molecule has 0 spiro atoms. The number of thioether (sulfide) groups is 1. The second-order valence-electron chi connectivity index (χ2n) is 6.07. The van der Waals surface area contributed by atoms with Crippen LogP contribution in [0.25, 0.3) is 10.2 Å². The van der Waals surface area contributed by atoms with Gasteiger partial charge in [0.15, 0.2) is 9.45 Å². The monoisotopic (exact) mass is 460 g/mol. The predicted octanol–water partition coefficient (Wildman–Crippen LogP) is 3.97. The number of thiocarbonyl (C=S) groups is 1. The van der Waals surface area contributed by atoms with E-state index in [1.165, 1.54) is 11.8 Å². The van der Waals surface area contributed by atoms with Gasteiger partial charge in [0.05, 0.1) is 27.6 Å². The molecule has 7 nitrogen and oxygen atoms in total. The Bertz CT molecular complexity index is 1020. The molecule has 0 saturated carbocycles. The number of hydrazine groups is 1. The van der Waals surface area contributed by atoms with Crippen molar-refractivity contribution in [2.75, 3.05) is 11.9 Å². The molecule has 0 saturated heterocycles. The van der Waals surface area contributed by atoms with Crippen LogP contribution >= 0.6 is 35.3 Å². The van der Waals surface area contributed by atoms with E-state index in [1.807, 2.05) is 24.3 Å². The van der Waals surface area contributed by atoms with Gasteiger partial charge in [-0.2, -0.15) is 0 Å². The maximum Gasteiger partial charge on any atom is 0.338 e. The van der Waals surface area contributed by atoms with E-state index in [-0.39, 0.29) is 22.2 Å². The summed E-state index contributed by atoms with van der Waals surface area (Å²) in [6.07, 6.45) is 0. The molecule has 2 aromatic carbocycles. The number of fused-ring (bicyclic) bond motifs is 1. The molecule has 1 aromatic heterocycles. The van der Waals surface area contributed by atoms with Crippen LogP contribution in [0.15, 0.2) is 52.9 Å². The quantitative estimate of drug-likeness (QED) is 0.220. The van der Waals surface area contributed by atoms with E-state index >= 15 is 0 Å². The average molecular weight is 461 g/mol. The summed E-state index contributed by atoms with van der Waals surface area (Å²) in [6.45, 7) is 3.88. The molecule has 1 atom stereocenters. The summed E-state index contributed by atoms with van der Waals surface area (Å²) in [7, 11) is 0. The molecular formula is C20H20N4O3S3. The van der Waals surface area contributed by atoms with Crippen LogP contribution in [0.2, 0.25) is 0 Å². The average Bonchev–Trinajstić information content (AvgIpc) is 3.15. The fourth-order valence-corrected chi connectivity index (χ4v) is 4.77. The van der Waals surface area contributed by atoms with E-state index in [4.69, 9.17) is 17.0 Å². The number of anilines is 1. The standard InChI is InChI=1S/C20H20N4O3S3/c1-3-27-18(26)13-8-10-14(11-9-13)21-19(28)24-23-17(25)12(2)29-20-22-15-6-4-5-7-16(15)30-20/h4-12H,3H2,1-2H3,(H,23,25)(H2,21,24,28). The van der Waals surface area contributed by atoms with Crippen molar-refractivity contribution in [1.82, 2.24) is 15.8 Å². The first-order valence-electron chi connectivity index (χ1n) is 9.12. The number of hydrogen-bond acceptors (Lipinski definition) is 7. The second kappa shape index (κ2) is 10.4. The van der Waals surface area contributed by atoms with Crippen LogP contribution in [0.1, 0.15) is 24.2 Å². The fourth-order valence-electron chi connectivity index (χ4n) is 2.39. The van der Waals surface area contributed by atoms with E-state index in [0.29, 0.717) is 17.9 Å². The smallest absolute Gasteiger partial charge is 0.338 e. The Morgan fingerprint density at radius 3 is 2.60 bits per heavy atom. The SMILES string of the molecule is CCOC(=O)c1ccc(NC(=S)NNC(=O)C(C)Sc2nc3ccccc3s2)cc1. The fraction of sp³-hybridized carbons (Fsp3) is 0.200. The molecule has 1 amide bonds. The number of hydrogen-bond donors (Lipinski definition) is 3. The summed E-state index contributed by atoms with van der Waals surface area (Å²) in [5.74, 6) is -0.599. The van der Waals surface area contributed by atoms with Gasteiger partial charge >= 0.3 is 5.97 Å². The van der Waals surface area contributed by atoms with Crippen molar-refractivity contribution in [2.24, 2.45) is 0 Å². The van der Waals surface area contributed by atoms with Crippen LogP contribution in [0, 0.1) is 0 Å². The summed E-state index contributed by atoms with van der Waals surface area (Å²) in [5, 5.41) is 2.81. The zero-order chi connectivity index (χ0) is 21.5. The molecule has 0 fully saturated rings. The molecule has 3 N–H and O–H groups in total. The topological polar surface area (TPSA) is 92.4 Å². The number of nitrogens with zero attached hydrogens (tertiary/aromatic N) is 1. The van der Waals surface area contributed by atoms with Gasteiger partial charge in [-0.15, -0.1) is 11.3 Å². The van der Waals surface area contributed by atoms with Crippen LogP contribution in [0.3, 0.4) is 0 Å². The summed E-state index contributed by atoms with van der Waals surface area (Å²) in [5.41, 5.74) is 7.33. The Labute approximate surface area is 187 Å². The number of amides is 1. The van der Waals surface area contributed by atoms with Gasteiger partial charge in [0, 0.05) is 5.69 Å². The Balaban J connectivity index is 1.46. The summed E-state index contributed by atoms with van der Waals surface area (Å²) >= 11 is 8.14. The third kappa shape index (κ3) is 5.91. The summed E-state index contributed by atoms with van der Waals surface area (Å²) in [4.78, 5) is 28.5. The number of ether oxygens (including phenoxy) is 1. The number of benzene rings is 2. The highest BCUT2D eigenvalue weighted by molar-refractivity contribution is 8.02. The van der Waals surface area contributed by atoms with E-state index in [1.54, 1.807) is 49.4 Å². The summed E-state index contributed by atoms with van der Waals surface area (Å²) < 4.78 is 6.87. The molecular weight excluding hydrogens is 440 g/mol. The van der Waals surface area contributed by atoms with Crippen molar-refractivity contribution in [3.63, 3.8) is 0 Å². The van der Waals surface area contributed by atoms with Gasteiger partial charge in [0.2, 0.25) is 0 Å². The van der Waals surface area contributed by atoms with Gasteiger partial charge in [-0.25, -0.2) is 9.78 Å². The van der Waals surface area contributed by atoms with Crippen molar-refractivity contribution in [3.05, 3.63) is 54.1 Å². The van der Waals surface area contributed by atoms with Gasteiger partial charge < -0.3 is 10.1 Å². The zero-order valence-corrected chi connectivity index (χ0v) is 18.7. The van der Waals surface area contributed by atoms with E-state index < -0.39 is 0 Å². The number of carbonyl (C=O) groups excluding carboxylic acids is 2. The lowest BCUT2D eigenvalue weighted by Gasteiger charge is -2.14. The van der Waals surface area contributed by atoms with Gasteiger partial charge in [0.1, 0.15) is 0 Å². The minimum Gasteiger partial charge on any atom is -0.462 e. The first-order valence-corrected chi connectivity index (χ1v) is 11.2. The van der Waals surface area contributed by atoms with Crippen molar-refractivity contribution >= 4 is 68.2 Å². The molecule has 0 aliphatic rings. The molecule has 0 aliphatic heterocycles. The van der Waals surface area contributed by atoms with Gasteiger partial charge in [-0.3, -0.25) is 15.6 Å². The molecule has 3 rings (SSSR count). The van der Waals surface area contributed by atoms with Crippen molar-refractivity contribution in [3.8, 4) is 0 Å². The Hall–Kier alpha value is -2.69. The predicted molar refractivity (Wildman–Crippen MR) is 125 cm³/mol. The lowest BCUT2D eigenvalue weighted by molar-refractivity contribution is -0.120. The number of para-hydroxylation sites is 1. The molecule has 30 heavy (non-hydrogen) atoms. The highest BCUT2D eigenvalue weighted by Gasteiger charge is 2.17. The Morgan fingerprint density at radius 2 is 1.90 bits per heavy atom. The number of nitrogens with one attached hydrogen (secondary N) is 3. The first-order chi connectivity index (χ1) is 14.5. The number of esters is 1. The molecule has 0 radical (unpaired) electrons. The van der Waals surface area contributed by atoms with Gasteiger partial charge in [-0.05, 0) is 62.5 Å². The van der Waals surface area contributed by atoms with Crippen molar-refractivity contribution in [2.45, 2.75) is 23.4 Å². The maximum atomic E-state index is 12.3. The van der Waals surface area contributed by atoms with E-state index in [0.717, 1.165) is 14.6 Å². The van der Waals surface area contributed by atoms with Gasteiger partial charge in [-0.1, -0.05) is 23.9 Å². The van der Waals surface area contributed by atoms with Crippen LogP contribution in [0.4, 0.5) is 5.69 Å². The largest absolute Gasteiger partial charge is 0.462 e. The van der Waals surface area contributed by atoms with Crippen LogP contribution in [0.5, 0.6) is 0 Å². The highest BCUT2D eigenvalue weighted by atomic mass is 32.2. The third-order valence-corrected chi connectivity index (χ3v) is 6.31. The third-order valence-electron chi connectivity index (χ3n) is 3.87. The Morgan fingerprint density at radius 1 is 1.17 bits per heavy atom. The minimum absolute atomic E-state index is 0.221. The maximum absolute atomic E-state index is 12.3. The number of rotatable bonds is 6. The first kappa shape index (κ1) is 22.0.